The van der Waals surface area contributed by atoms with Crippen molar-refractivity contribution < 1.29 is 18.8 Å². The molecular formula is C30H44Cl2FN7O3. The predicted molar refractivity (Wildman–Crippen MR) is 167 cm³/mol. The monoisotopic (exact) mass is 639 g/mol. The molecule has 1 fully saturated rings. The molecular weight excluding hydrogens is 596 g/mol. The fourth-order valence-corrected chi connectivity index (χ4v) is 6.00. The van der Waals surface area contributed by atoms with Crippen molar-refractivity contribution in [2.45, 2.75) is 77.7 Å². The van der Waals surface area contributed by atoms with E-state index in [9.17, 15) is 18.8 Å². The van der Waals surface area contributed by atoms with Crippen molar-refractivity contribution in [1.29, 1.82) is 0 Å². The number of aromatic nitrogens is 2. The third-order valence-corrected chi connectivity index (χ3v) is 8.33. The quantitative estimate of drug-likeness (QED) is 0.476. The number of hydrogen-bond acceptors (Lipinski definition) is 6. The van der Waals surface area contributed by atoms with Gasteiger partial charge in [-0.15, -0.1) is 24.8 Å². The first-order chi connectivity index (χ1) is 19.8. The number of hydrogen-bond donors (Lipinski definition) is 3. The Morgan fingerprint density at radius 2 is 1.86 bits per heavy atom. The molecule has 1 aromatic carbocycles. The molecule has 0 unspecified atom stereocenters. The SMILES string of the molecule is CC(C)[C@@H]1CN(Cc2cc3n(n2)CCCNC3)CC(=O)NCCCc2ccc(F)c(c2)C(=O)N2CCC[C@H]2C(=O)N1.Cl.Cl. The maximum Gasteiger partial charge on any atom is 0.257 e. The first-order valence-corrected chi connectivity index (χ1v) is 14.9. The number of aryl methyl sites for hydroxylation is 2. The van der Waals surface area contributed by atoms with Crippen LogP contribution in [0.5, 0.6) is 0 Å². The van der Waals surface area contributed by atoms with Crippen LogP contribution < -0.4 is 16.0 Å². The molecule has 5 rings (SSSR count). The van der Waals surface area contributed by atoms with Crippen molar-refractivity contribution in [1.82, 2.24) is 35.5 Å². The number of amides is 3. The van der Waals surface area contributed by atoms with Crippen LogP contribution in [0.15, 0.2) is 24.3 Å². The molecule has 43 heavy (non-hydrogen) atoms. The van der Waals surface area contributed by atoms with Crippen LogP contribution in [0, 0.1) is 11.7 Å². The molecule has 1 aromatic heterocycles. The van der Waals surface area contributed by atoms with Gasteiger partial charge in [0.15, 0.2) is 0 Å². The number of carbonyl (C=O) groups excluding carboxylic acids is 3. The highest BCUT2D eigenvalue weighted by molar-refractivity contribution is 5.98. The molecule has 4 heterocycles. The molecule has 3 amide bonds. The number of nitrogens with zero attached hydrogens (tertiary/aromatic N) is 4. The molecule has 0 radical (unpaired) electrons. The molecule has 3 N–H and O–H groups in total. The minimum absolute atomic E-state index is 0. The van der Waals surface area contributed by atoms with Gasteiger partial charge in [0, 0.05) is 45.3 Å². The molecule has 2 bridgehead atoms. The molecule has 238 valence electrons. The standard InChI is InChI=1S/C30H42FN7O3.2ClH/c1-20(2)26-18-36(17-22-15-23-16-32-10-5-13-38(23)35-22)19-28(39)33-11-3-6-21-8-9-25(31)24(14-21)30(41)37-12-4-7-27(37)29(40)34-26;;/h8-9,14-15,20,26-27,32H,3-7,10-13,16-19H2,1-2H3,(H,33,39)(H,34,40);2*1H/t26-,27-;;/m0../s1. The van der Waals surface area contributed by atoms with E-state index in [1.54, 1.807) is 12.1 Å². The second-order valence-corrected chi connectivity index (χ2v) is 11.8. The van der Waals surface area contributed by atoms with Gasteiger partial charge in [-0.05, 0) is 68.3 Å². The van der Waals surface area contributed by atoms with E-state index >= 15 is 0 Å². The van der Waals surface area contributed by atoms with E-state index < -0.39 is 17.8 Å². The number of fused-ring (bicyclic) bond motifs is 4. The second kappa shape index (κ2) is 15.8. The van der Waals surface area contributed by atoms with E-state index in [1.165, 1.54) is 11.0 Å². The number of nitrogens with one attached hydrogen (secondary N) is 3. The Labute approximate surface area is 265 Å². The Morgan fingerprint density at radius 3 is 2.65 bits per heavy atom. The van der Waals surface area contributed by atoms with Crippen LogP contribution >= 0.6 is 24.8 Å². The third kappa shape index (κ3) is 8.68. The van der Waals surface area contributed by atoms with E-state index in [-0.39, 0.29) is 60.7 Å². The van der Waals surface area contributed by atoms with Crippen LogP contribution in [-0.4, -0.2) is 82.1 Å². The highest BCUT2D eigenvalue weighted by Crippen LogP contribution is 2.23. The van der Waals surface area contributed by atoms with Crippen LogP contribution in [0.25, 0.3) is 0 Å². The highest BCUT2D eigenvalue weighted by atomic mass is 35.5. The summed E-state index contributed by atoms with van der Waals surface area (Å²) in [5.41, 5.74) is 2.84. The number of halogens is 3. The zero-order valence-corrected chi connectivity index (χ0v) is 26.6. The van der Waals surface area contributed by atoms with Gasteiger partial charge in [-0.2, -0.15) is 5.10 Å². The first kappa shape index (κ1) is 34.8. The van der Waals surface area contributed by atoms with Crippen molar-refractivity contribution in [2.75, 3.05) is 32.7 Å². The fraction of sp³-hybridized carbons (Fsp3) is 0.600. The van der Waals surface area contributed by atoms with Crippen LogP contribution in [0.1, 0.15) is 66.8 Å². The van der Waals surface area contributed by atoms with E-state index in [0.717, 1.165) is 43.0 Å². The Hall–Kier alpha value is -2.73. The average Bonchev–Trinajstić information content (AvgIpc) is 3.52. The van der Waals surface area contributed by atoms with Crippen LogP contribution in [0.4, 0.5) is 4.39 Å². The molecule has 3 aliphatic heterocycles. The Kier molecular flexibility index (Phi) is 12.8. The predicted octanol–water partition coefficient (Wildman–Crippen LogP) is 2.67. The Morgan fingerprint density at radius 1 is 1.05 bits per heavy atom. The summed E-state index contributed by atoms with van der Waals surface area (Å²) in [6.07, 6.45) is 3.48. The first-order valence-electron chi connectivity index (χ1n) is 14.9. The smallest absolute Gasteiger partial charge is 0.257 e. The maximum atomic E-state index is 14.8. The molecule has 0 spiro atoms. The van der Waals surface area contributed by atoms with Crippen molar-refractivity contribution in [2.24, 2.45) is 5.92 Å². The Balaban J connectivity index is 0.00000253. The third-order valence-electron chi connectivity index (χ3n) is 8.33. The van der Waals surface area contributed by atoms with Crippen LogP contribution in [0.3, 0.4) is 0 Å². The van der Waals surface area contributed by atoms with Gasteiger partial charge in [-0.3, -0.25) is 24.0 Å². The van der Waals surface area contributed by atoms with Crippen molar-refractivity contribution in [3.05, 3.63) is 52.6 Å². The van der Waals surface area contributed by atoms with Gasteiger partial charge in [-0.25, -0.2) is 4.39 Å². The molecule has 1 saturated heterocycles. The van der Waals surface area contributed by atoms with Crippen molar-refractivity contribution in [3.63, 3.8) is 0 Å². The minimum Gasteiger partial charge on any atom is -0.355 e. The second-order valence-electron chi connectivity index (χ2n) is 11.8. The minimum atomic E-state index is -0.657. The van der Waals surface area contributed by atoms with Crippen molar-refractivity contribution >= 4 is 42.5 Å². The summed E-state index contributed by atoms with van der Waals surface area (Å²) in [5.74, 6) is -1.29. The van der Waals surface area contributed by atoms with E-state index in [1.807, 2.05) is 23.4 Å². The lowest BCUT2D eigenvalue weighted by Crippen LogP contribution is -2.53. The largest absolute Gasteiger partial charge is 0.355 e. The lowest BCUT2D eigenvalue weighted by molar-refractivity contribution is -0.126. The summed E-state index contributed by atoms with van der Waals surface area (Å²) < 4.78 is 16.8. The Bertz CT molecular complexity index is 1250. The summed E-state index contributed by atoms with van der Waals surface area (Å²) in [7, 11) is 0. The van der Waals surface area contributed by atoms with Gasteiger partial charge < -0.3 is 20.9 Å². The van der Waals surface area contributed by atoms with Gasteiger partial charge in [0.05, 0.1) is 23.5 Å². The molecule has 2 aromatic rings. The van der Waals surface area contributed by atoms with E-state index in [2.05, 4.69) is 22.0 Å². The van der Waals surface area contributed by atoms with Gasteiger partial charge in [0.2, 0.25) is 11.8 Å². The van der Waals surface area contributed by atoms with Crippen molar-refractivity contribution in [3.8, 4) is 0 Å². The molecule has 0 saturated carbocycles. The number of benzene rings is 1. The maximum absolute atomic E-state index is 14.8. The molecule has 10 nitrogen and oxygen atoms in total. The fourth-order valence-electron chi connectivity index (χ4n) is 6.00. The molecule has 0 aliphatic carbocycles. The van der Waals surface area contributed by atoms with E-state index in [0.29, 0.717) is 51.9 Å². The zero-order chi connectivity index (χ0) is 28.9. The topological polar surface area (TPSA) is 112 Å². The molecule has 13 heteroatoms. The van der Waals surface area contributed by atoms with Crippen LogP contribution in [-0.2, 0) is 35.6 Å². The normalized spacial score (nSPS) is 22.3. The van der Waals surface area contributed by atoms with Crippen LogP contribution in [0.2, 0.25) is 0 Å². The lowest BCUT2D eigenvalue weighted by atomic mass is 10.0. The van der Waals surface area contributed by atoms with Gasteiger partial charge in [0.25, 0.3) is 5.91 Å². The summed E-state index contributed by atoms with van der Waals surface area (Å²) >= 11 is 0. The summed E-state index contributed by atoms with van der Waals surface area (Å²) in [4.78, 5) is 43.7. The van der Waals surface area contributed by atoms with Gasteiger partial charge in [-0.1, -0.05) is 19.9 Å². The summed E-state index contributed by atoms with van der Waals surface area (Å²) in [6, 6.07) is 5.76. The van der Waals surface area contributed by atoms with E-state index in [4.69, 9.17) is 5.10 Å². The summed E-state index contributed by atoms with van der Waals surface area (Å²) in [5, 5.41) is 14.4. The number of carbonyl (C=O) groups is 3. The van der Waals surface area contributed by atoms with Gasteiger partial charge >= 0.3 is 0 Å². The number of rotatable bonds is 3. The summed E-state index contributed by atoms with van der Waals surface area (Å²) in [6.45, 7) is 8.65. The molecule has 3 aliphatic rings. The molecule has 2 atom stereocenters. The highest BCUT2D eigenvalue weighted by Gasteiger charge is 2.37. The lowest BCUT2D eigenvalue weighted by Gasteiger charge is -2.32. The van der Waals surface area contributed by atoms with Gasteiger partial charge in [0.1, 0.15) is 11.9 Å². The zero-order valence-electron chi connectivity index (χ0n) is 24.9. The average molecular weight is 641 g/mol.